The molecule has 1 aliphatic heterocycles. The summed E-state index contributed by atoms with van der Waals surface area (Å²) in [6.07, 6.45) is 4.07. The number of halogens is 1. The Morgan fingerprint density at radius 3 is 2.77 bits per heavy atom. The summed E-state index contributed by atoms with van der Waals surface area (Å²) < 4.78 is 5.55. The van der Waals surface area contributed by atoms with Crippen LogP contribution in [0.15, 0.2) is 47.1 Å². The highest BCUT2D eigenvalue weighted by molar-refractivity contribution is 6.30. The molecule has 1 aliphatic rings. The van der Waals surface area contributed by atoms with Crippen molar-refractivity contribution in [3.05, 3.63) is 59.0 Å². The minimum Gasteiger partial charge on any atom is -0.468 e. The number of benzene rings is 1. The van der Waals surface area contributed by atoms with Crippen molar-refractivity contribution in [2.45, 2.75) is 18.9 Å². The van der Waals surface area contributed by atoms with Gasteiger partial charge in [0.15, 0.2) is 0 Å². The fourth-order valence-corrected chi connectivity index (χ4v) is 3.06. The smallest absolute Gasteiger partial charge is 0.251 e. The fourth-order valence-electron chi connectivity index (χ4n) is 2.86. The van der Waals surface area contributed by atoms with E-state index in [2.05, 4.69) is 10.2 Å². The number of nitrogens with zero attached hydrogens (tertiary/aromatic N) is 1. The number of hydrogen-bond donors (Lipinski definition) is 1. The average molecular weight is 319 g/mol. The quantitative estimate of drug-likeness (QED) is 0.917. The molecule has 1 atom stereocenters. The van der Waals surface area contributed by atoms with E-state index in [0.717, 1.165) is 18.8 Å². The van der Waals surface area contributed by atoms with E-state index in [1.807, 2.05) is 12.1 Å². The molecule has 1 N–H and O–H groups in total. The van der Waals surface area contributed by atoms with Gasteiger partial charge in [-0.15, -0.1) is 0 Å². The molecular formula is C17H19ClN2O2. The van der Waals surface area contributed by atoms with Gasteiger partial charge in [0, 0.05) is 17.1 Å². The van der Waals surface area contributed by atoms with Gasteiger partial charge in [0.2, 0.25) is 0 Å². The van der Waals surface area contributed by atoms with Crippen LogP contribution >= 0.6 is 11.6 Å². The number of furan rings is 1. The summed E-state index contributed by atoms with van der Waals surface area (Å²) in [4.78, 5) is 14.6. The van der Waals surface area contributed by atoms with E-state index in [1.54, 1.807) is 30.5 Å². The largest absolute Gasteiger partial charge is 0.468 e. The number of likely N-dealkylation sites (tertiary alicyclic amines) is 1. The molecule has 1 aromatic heterocycles. The highest BCUT2D eigenvalue weighted by Gasteiger charge is 2.26. The van der Waals surface area contributed by atoms with E-state index in [-0.39, 0.29) is 11.9 Å². The van der Waals surface area contributed by atoms with Crippen molar-refractivity contribution in [1.82, 2.24) is 10.2 Å². The Labute approximate surface area is 135 Å². The predicted octanol–water partition coefficient (Wildman–Crippen LogP) is 3.50. The maximum Gasteiger partial charge on any atom is 0.251 e. The predicted molar refractivity (Wildman–Crippen MR) is 86.0 cm³/mol. The second-order valence-corrected chi connectivity index (χ2v) is 5.93. The molecule has 2 aromatic rings. The molecule has 0 unspecified atom stereocenters. The number of carbonyl (C=O) groups excluding carboxylic acids is 1. The normalized spacial score (nSPS) is 16.6. The Balaban J connectivity index is 1.67. The van der Waals surface area contributed by atoms with Crippen molar-refractivity contribution in [3.63, 3.8) is 0 Å². The number of nitrogens with one attached hydrogen (secondary N) is 1. The zero-order valence-corrected chi connectivity index (χ0v) is 13.1. The lowest BCUT2D eigenvalue weighted by molar-refractivity contribution is 0.0934. The van der Waals surface area contributed by atoms with Crippen LogP contribution in [0.5, 0.6) is 0 Å². The van der Waals surface area contributed by atoms with Gasteiger partial charge in [-0.2, -0.15) is 0 Å². The first-order valence-electron chi connectivity index (χ1n) is 7.55. The molecular weight excluding hydrogens is 300 g/mol. The summed E-state index contributed by atoms with van der Waals surface area (Å²) in [7, 11) is 0. The second-order valence-electron chi connectivity index (χ2n) is 5.49. The Bertz CT molecular complexity index is 621. The summed E-state index contributed by atoms with van der Waals surface area (Å²) in [5.74, 6) is 0.784. The molecule has 0 aliphatic carbocycles. The van der Waals surface area contributed by atoms with Gasteiger partial charge in [0.1, 0.15) is 5.76 Å². The zero-order valence-electron chi connectivity index (χ0n) is 12.3. The standard InChI is InChI=1S/C17H19ClN2O2/c18-14-6-3-5-13(11-14)17(21)19-12-15(16-7-4-10-22-16)20-8-1-2-9-20/h3-7,10-11,15H,1-2,8-9,12H2,(H,19,21)/t15-/m1/s1. The van der Waals surface area contributed by atoms with E-state index >= 15 is 0 Å². The average Bonchev–Trinajstić information content (AvgIpc) is 3.21. The maximum atomic E-state index is 12.3. The molecule has 1 fully saturated rings. The summed E-state index contributed by atoms with van der Waals surface area (Å²) in [6.45, 7) is 2.61. The first-order chi connectivity index (χ1) is 10.7. The van der Waals surface area contributed by atoms with E-state index < -0.39 is 0 Å². The molecule has 5 heteroatoms. The lowest BCUT2D eigenvalue weighted by Gasteiger charge is -2.26. The van der Waals surface area contributed by atoms with Crippen molar-refractivity contribution in [2.24, 2.45) is 0 Å². The number of hydrogen-bond acceptors (Lipinski definition) is 3. The van der Waals surface area contributed by atoms with Gasteiger partial charge in [-0.05, 0) is 56.3 Å². The van der Waals surface area contributed by atoms with Crippen molar-refractivity contribution >= 4 is 17.5 Å². The van der Waals surface area contributed by atoms with Crippen LogP contribution in [0, 0.1) is 0 Å². The molecule has 2 heterocycles. The van der Waals surface area contributed by atoms with Crippen LogP contribution in [0.2, 0.25) is 5.02 Å². The summed E-state index contributed by atoms with van der Waals surface area (Å²) in [6, 6.07) is 10.9. The minimum atomic E-state index is -0.113. The number of rotatable bonds is 5. The fraction of sp³-hybridized carbons (Fsp3) is 0.353. The molecule has 22 heavy (non-hydrogen) atoms. The minimum absolute atomic E-state index is 0.0839. The van der Waals surface area contributed by atoms with Gasteiger partial charge in [-0.25, -0.2) is 0 Å². The Morgan fingerprint density at radius 2 is 2.09 bits per heavy atom. The molecule has 1 aromatic carbocycles. The van der Waals surface area contributed by atoms with E-state index in [1.165, 1.54) is 12.8 Å². The van der Waals surface area contributed by atoms with E-state index in [9.17, 15) is 4.79 Å². The summed E-state index contributed by atoms with van der Waals surface area (Å²) >= 11 is 5.93. The molecule has 4 nitrogen and oxygen atoms in total. The Morgan fingerprint density at radius 1 is 1.27 bits per heavy atom. The van der Waals surface area contributed by atoms with Crippen molar-refractivity contribution in [2.75, 3.05) is 19.6 Å². The van der Waals surface area contributed by atoms with Crippen LogP contribution in [-0.4, -0.2) is 30.4 Å². The lowest BCUT2D eigenvalue weighted by Crippen LogP contribution is -2.36. The van der Waals surface area contributed by atoms with E-state index in [4.69, 9.17) is 16.0 Å². The molecule has 0 bridgehead atoms. The van der Waals surface area contributed by atoms with Gasteiger partial charge in [0.05, 0.1) is 12.3 Å². The Hall–Kier alpha value is -1.78. The van der Waals surface area contributed by atoms with E-state index in [0.29, 0.717) is 17.1 Å². The van der Waals surface area contributed by atoms with Crippen LogP contribution in [-0.2, 0) is 0 Å². The lowest BCUT2D eigenvalue weighted by atomic mass is 10.1. The van der Waals surface area contributed by atoms with Crippen LogP contribution < -0.4 is 5.32 Å². The third-order valence-electron chi connectivity index (χ3n) is 4.00. The van der Waals surface area contributed by atoms with Gasteiger partial charge in [-0.1, -0.05) is 17.7 Å². The van der Waals surface area contributed by atoms with Crippen molar-refractivity contribution in [1.29, 1.82) is 0 Å². The van der Waals surface area contributed by atoms with Gasteiger partial charge < -0.3 is 9.73 Å². The monoisotopic (exact) mass is 318 g/mol. The molecule has 3 rings (SSSR count). The van der Waals surface area contributed by atoms with Crippen molar-refractivity contribution in [3.8, 4) is 0 Å². The number of carbonyl (C=O) groups is 1. The van der Waals surface area contributed by atoms with Crippen LogP contribution in [0.4, 0.5) is 0 Å². The first-order valence-corrected chi connectivity index (χ1v) is 7.93. The van der Waals surface area contributed by atoms with Crippen LogP contribution in [0.25, 0.3) is 0 Å². The third kappa shape index (κ3) is 3.51. The van der Waals surface area contributed by atoms with Crippen LogP contribution in [0.3, 0.4) is 0 Å². The number of amides is 1. The first kappa shape index (κ1) is 15.1. The molecule has 1 amide bonds. The van der Waals surface area contributed by atoms with Gasteiger partial charge >= 0.3 is 0 Å². The maximum absolute atomic E-state index is 12.3. The topological polar surface area (TPSA) is 45.5 Å². The summed E-state index contributed by atoms with van der Waals surface area (Å²) in [5, 5.41) is 3.56. The molecule has 116 valence electrons. The highest BCUT2D eigenvalue weighted by Crippen LogP contribution is 2.25. The molecule has 0 radical (unpaired) electrons. The van der Waals surface area contributed by atoms with Crippen molar-refractivity contribution < 1.29 is 9.21 Å². The molecule has 0 saturated carbocycles. The van der Waals surface area contributed by atoms with Gasteiger partial charge in [-0.3, -0.25) is 9.69 Å². The highest BCUT2D eigenvalue weighted by atomic mass is 35.5. The molecule has 1 saturated heterocycles. The second kappa shape index (κ2) is 6.99. The Kier molecular flexibility index (Phi) is 4.80. The van der Waals surface area contributed by atoms with Gasteiger partial charge in [0.25, 0.3) is 5.91 Å². The SMILES string of the molecule is O=C(NC[C@H](c1ccco1)N1CCCC1)c1cccc(Cl)c1. The third-order valence-corrected chi connectivity index (χ3v) is 4.23. The summed E-state index contributed by atoms with van der Waals surface area (Å²) in [5.41, 5.74) is 0.576. The molecule has 0 spiro atoms. The van der Waals surface area contributed by atoms with Crippen LogP contribution in [0.1, 0.15) is 35.0 Å². The zero-order chi connectivity index (χ0) is 15.4.